The third-order valence-electron chi connectivity index (χ3n) is 3.33. The van der Waals surface area contributed by atoms with E-state index in [-0.39, 0.29) is 6.04 Å². The molecular formula is C11H19N3. The fraction of sp³-hybridized carbons (Fsp3) is 0.636. The van der Waals surface area contributed by atoms with Gasteiger partial charge in [-0.2, -0.15) is 0 Å². The van der Waals surface area contributed by atoms with Crippen molar-refractivity contribution in [3.05, 3.63) is 24.0 Å². The van der Waals surface area contributed by atoms with E-state index in [1.165, 1.54) is 18.4 Å². The van der Waals surface area contributed by atoms with Crippen LogP contribution in [0.1, 0.15) is 37.3 Å². The van der Waals surface area contributed by atoms with Crippen molar-refractivity contribution in [2.24, 2.45) is 17.4 Å². The van der Waals surface area contributed by atoms with Crippen LogP contribution in [-0.4, -0.2) is 11.0 Å². The zero-order valence-corrected chi connectivity index (χ0v) is 8.45. The molecule has 1 fully saturated rings. The van der Waals surface area contributed by atoms with E-state index in [0.29, 0.717) is 12.0 Å². The van der Waals surface area contributed by atoms with Gasteiger partial charge in [-0.05, 0) is 43.2 Å². The van der Waals surface area contributed by atoms with Crippen LogP contribution in [0.5, 0.6) is 0 Å². The highest BCUT2D eigenvalue weighted by molar-refractivity contribution is 5.14. The minimum atomic E-state index is 0.189. The largest absolute Gasteiger partial charge is 0.367 e. The van der Waals surface area contributed by atoms with Crippen LogP contribution in [0.4, 0.5) is 0 Å². The van der Waals surface area contributed by atoms with E-state index >= 15 is 0 Å². The third kappa shape index (κ3) is 1.99. The van der Waals surface area contributed by atoms with E-state index in [9.17, 15) is 0 Å². The van der Waals surface area contributed by atoms with Gasteiger partial charge in [0.05, 0.1) is 0 Å². The molecule has 1 aliphatic carbocycles. The Morgan fingerprint density at radius 2 is 2.00 bits per heavy atom. The van der Waals surface area contributed by atoms with Crippen molar-refractivity contribution < 1.29 is 0 Å². The van der Waals surface area contributed by atoms with Crippen LogP contribution in [0.15, 0.2) is 18.5 Å². The SMILES string of the molecule is NC1CCC(C(N)c2cc[nH]c2)CC1. The molecule has 0 saturated heterocycles. The maximum Gasteiger partial charge on any atom is 0.0338 e. The summed E-state index contributed by atoms with van der Waals surface area (Å²) in [5.41, 5.74) is 13.3. The predicted octanol–water partition coefficient (Wildman–Crippen LogP) is 1.53. The minimum absolute atomic E-state index is 0.189. The van der Waals surface area contributed by atoms with Gasteiger partial charge < -0.3 is 16.5 Å². The Bertz CT molecular complexity index is 260. The molecule has 1 aromatic rings. The molecule has 1 heterocycles. The lowest BCUT2D eigenvalue weighted by Crippen LogP contribution is -2.31. The Kier molecular flexibility index (Phi) is 2.89. The number of rotatable bonds is 2. The fourth-order valence-corrected chi connectivity index (χ4v) is 2.32. The molecule has 2 rings (SSSR count). The van der Waals surface area contributed by atoms with Gasteiger partial charge >= 0.3 is 0 Å². The summed E-state index contributed by atoms with van der Waals surface area (Å²) >= 11 is 0. The standard InChI is InChI=1S/C11H19N3/c12-10-3-1-8(2-4-10)11(13)9-5-6-14-7-9/h5-8,10-11,14H,1-4,12-13H2. The van der Waals surface area contributed by atoms with E-state index < -0.39 is 0 Å². The van der Waals surface area contributed by atoms with Crippen molar-refractivity contribution >= 4 is 0 Å². The molecule has 0 aliphatic heterocycles. The number of aromatic nitrogens is 1. The summed E-state index contributed by atoms with van der Waals surface area (Å²) in [6.07, 6.45) is 8.54. The molecule has 0 bridgehead atoms. The summed E-state index contributed by atoms with van der Waals surface area (Å²) in [6, 6.07) is 2.66. The molecule has 1 unspecified atom stereocenters. The second-order valence-corrected chi connectivity index (χ2v) is 4.34. The highest BCUT2D eigenvalue weighted by atomic mass is 14.7. The van der Waals surface area contributed by atoms with Gasteiger partial charge in [0.25, 0.3) is 0 Å². The zero-order valence-electron chi connectivity index (χ0n) is 8.45. The van der Waals surface area contributed by atoms with E-state index in [0.717, 1.165) is 12.8 Å². The van der Waals surface area contributed by atoms with E-state index in [2.05, 4.69) is 11.1 Å². The number of aromatic amines is 1. The molecule has 0 amide bonds. The van der Waals surface area contributed by atoms with E-state index in [1.807, 2.05) is 12.4 Å². The molecule has 78 valence electrons. The monoisotopic (exact) mass is 193 g/mol. The molecule has 3 heteroatoms. The first kappa shape index (κ1) is 9.74. The number of nitrogens with one attached hydrogen (secondary N) is 1. The molecule has 5 N–H and O–H groups in total. The number of hydrogen-bond acceptors (Lipinski definition) is 2. The lowest BCUT2D eigenvalue weighted by atomic mass is 9.80. The lowest BCUT2D eigenvalue weighted by Gasteiger charge is -2.30. The topological polar surface area (TPSA) is 67.8 Å². The second-order valence-electron chi connectivity index (χ2n) is 4.34. The van der Waals surface area contributed by atoms with E-state index in [4.69, 9.17) is 11.5 Å². The van der Waals surface area contributed by atoms with Crippen molar-refractivity contribution in [3.8, 4) is 0 Å². The van der Waals surface area contributed by atoms with Crippen molar-refractivity contribution in [2.75, 3.05) is 0 Å². The van der Waals surface area contributed by atoms with Gasteiger partial charge in [0.2, 0.25) is 0 Å². The number of hydrogen-bond donors (Lipinski definition) is 3. The zero-order chi connectivity index (χ0) is 9.97. The van der Waals surface area contributed by atoms with Crippen LogP contribution in [0.25, 0.3) is 0 Å². The number of H-pyrrole nitrogens is 1. The van der Waals surface area contributed by atoms with Gasteiger partial charge in [0.15, 0.2) is 0 Å². The van der Waals surface area contributed by atoms with Crippen molar-refractivity contribution in [1.29, 1.82) is 0 Å². The first-order chi connectivity index (χ1) is 6.77. The molecule has 14 heavy (non-hydrogen) atoms. The van der Waals surface area contributed by atoms with Crippen LogP contribution in [0.2, 0.25) is 0 Å². The molecular weight excluding hydrogens is 174 g/mol. The predicted molar refractivity (Wildman–Crippen MR) is 57.7 cm³/mol. The summed E-state index contributed by atoms with van der Waals surface area (Å²) in [5.74, 6) is 0.616. The first-order valence-corrected chi connectivity index (χ1v) is 5.41. The van der Waals surface area contributed by atoms with Crippen LogP contribution >= 0.6 is 0 Å². The van der Waals surface area contributed by atoms with Crippen LogP contribution in [0.3, 0.4) is 0 Å². The number of nitrogens with two attached hydrogens (primary N) is 2. The maximum atomic E-state index is 6.20. The maximum absolute atomic E-state index is 6.20. The molecule has 0 radical (unpaired) electrons. The molecule has 0 aromatic carbocycles. The second kappa shape index (κ2) is 4.15. The first-order valence-electron chi connectivity index (χ1n) is 5.41. The molecule has 1 atom stereocenters. The van der Waals surface area contributed by atoms with Crippen LogP contribution < -0.4 is 11.5 Å². The fourth-order valence-electron chi connectivity index (χ4n) is 2.32. The molecule has 0 spiro atoms. The van der Waals surface area contributed by atoms with E-state index in [1.54, 1.807) is 0 Å². The summed E-state index contributed by atoms with van der Waals surface area (Å²) in [6.45, 7) is 0. The van der Waals surface area contributed by atoms with Crippen molar-refractivity contribution in [3.63, 3.8) is 0 Å². The molecule has 1 saturated carbocycles. The smallest absolute Gasteiger partial charge is 0.0338 e. The highest BCUT2D eigenvalue weighted by Gasteiger charge is 2.24. The normalized spacial score (nSPS) is 30.1. The van der Waals surface area contributed by atoms with Gasteiger partial charge in [-0.1, -0.05) is 0 Å². The van der Waals surface area contributed by atoms with Crippen LogP contribution in [0, 0.1) is 5.92 Å². The van der Waals surface area contributed by atoms with Gasteiger partial charge in [-0.15, -0.1) is 0 Å². The summed E-state index contributed by atoms with van der Waals surface area (Å²) < 4.78 is 0. The Morgan fingerprint density at radius 3 is 2.57 bits per heavy atom. The van der Waals surface area contributed by atoms with Gasteiger partial charge in [-0.25, -0.2) is 0 Å². The summed E-state index contributed by atoms with van der Waals surface area (Å²) in [5, 5.41) is 0. The molecule has 1 aromatic heterocycles. The molecule has 1 aliphatic rings. The van der Waals surface area contributed by atoms with Crippen molar-refractivity contribution in [2.45, 2.75) is 37.8 Å². The Hall–Kier alpha value is -0.800. The average molecular weight is 193 g/mol. The summed E-state index contributed by atoms with van der Waals surface area (Å²) in [4.78, 5) is 3.05. The van der Waals surface area contributed by atoms with Gasteiger partial charge in [0, 0.05) is 24.5 Å². The quantitative estimate of drug-likeness (QED) is 0.666. The lowest BCUT2D eigenvalue weighted by molar-refractivity contribution is 0.285. The Labute approximate surface area is 84.9 Å². The Morgan fingerprint density at radius 1 is 1.29 bits per heavy atom. The summed E-state index contributed by atoms with van der Waals surface area (Å²) in [7, 11) is 0. The average Bonchev–Trinajstić information content (AvgIpc) is 2.71. The van der Waals surface area contributed by atoms with Crippen molar-refractivity contribution in [1.82, 2.24) is 4.98 Å². The van der Waals surface area contributed by atoms with Crippen LogP contribution in [-0.2, 0) is 0 Å². The van der Waals surface area contributed by atoms with Gasteiger partial charge in [-0.3, -0.25) is 0 Å². The molecule has 3 nitrogen and oxygen atoms in total. The minimum Gasteiger partial charge on any atom is -0.367 e. The Balaban J connectivity index is 1.95. The third-order valence-corrected chi connectivity index (χ3v) is 3.33. The van der Waals surface area contributed by atoms with Gasteiger partial charge in [0.1, 0.15) is 0 Å². The highest BCUT2D eigenvalue weighted by Crippen LogP contribution is 2.32.